The molecule has 10 heteroatoms. The molecular weight excluding hydrogens is 420 g/mol. The number of nitrogen functional groups attached to an aromatic ring is 1. The van der Waals surface area contributed by atoms with Gasteiger partial charge >= 0.3 is 5.97 Å². The molecule has 2 aromatic rings. The third kappa shape index (κ3) is 6.78. The van der Waals surface area contributed by atoms with E-state index in [2.05, 4.69) is 5.32 Å². The Morgan fingerprint density at radius 3 is 2.19 bits per heavy atom. The lowest BCUT2D eigenvalue weighted by molar-refractivity contribution is -0.137. The maximum absolute atomic E-state index is 13.0. The maximum atomic E-state index is 13.0. The second-order valence-electron chi connectivity index (χ2n) is 7.44. The molecule has 6 N–H and O–H groups in total. The molecule has 0 aliphatic heterocycles. The van der Waals surface area contributed by atoms with Crippen molar-refractivity contribution in [2.45, 2.75) is 30.8 Å². The topological polar surface area (TPSA) is 157 Å². The van der Waals surface area contributed by atoms with Crippen molar-refractivity contribution in [3.8, 4) is 0 Å². The Labute approximate surface area is 182 Å². The molecule has 168 valence electrons. The fourth-order valence-electron chi connectivity index (χ4n) is 2.88. The van der Waals surface area contributed by atoms with Crippen LogP contribution in [0.2, 0.25) is 0 Å². The summed E-state index contributed by atoms with van der Waals surface area (Å²) >= 11 is 0. The first kappa shape index (κ1) is 24.3. The molecule has 0 saturated carbocycles. The number of hydrogen-bond donors (Lipinski definition) is 5. The van der Waals surface area contributed by atoms with E-state index in [9.17, 15) is 23.4 Å². The van der Waals surface area contributed by atoms with E-state index in [1.54, 1.807) is 36.4 Å². The zero-order chi connectivity index (χ0) is 23.2. The maximum Gasteiger partial charge on any atom is 0.318 e. The van der Waals surface area contributed by atoms with Gasteiger partial charge in [-0.05, 0) is 47.9 Å². The van der Waals surface area contributed by atoms with Crippen LogP contribution in [0, 0.1) is 5.41 Å². The first-order valence-electron chi connectivity index (χ1n) is 9.69. The summed E-state index contributed by atoms with van der Waals surface area (Å²) in [6, 6.07) is 12.9. The average molecular weight is 449 g/mol. The van der Waals surface area contributed by atoms with Crippen molar-refractivity contribution in [3.63, 3.8) is 0 Å². The summed E-state index contributed by atoms with van der Waals surface area (Å²) in [5, 5.41) is 29.8. The molecule has 2 rings (SSSR count). The minimum atomic E-state index is -4.10. The standard InChI is InChI=1S/C21H28N4O5S/c1-14(2)15-5-9-19(10-6-15)31(29,30)25(13-20(27)28)12-18(26)11-24-17-7-3-16(4-8-17)21(22)23/h3-10,14,18,24,26H,11-13H2,1-2H3,(H3,22,23)(H,27,28). The molecule has 0 aliphatic carbocycles. The Balaban J connectivity index is 2.10. The Bertz CT molecular complexity index is 1010. The third-order valence-corrected chi connectivity index (χ3v) is 6.47. The number of aliphatic hydroxyl groups excluding tert-OH is 1. The molecule has 1 unspecified atom stereocenters. The van der Waals surface area contributed by atoms with Gasteiger partial charge in [0.2, 0.25) is 10.0 Å². The molecule has 31 heavy (non-hydrogen) atoms. The minimum absolute atomic E-state index is 0.00263. The van der Waals surface area contributed by atoms with Crippen molar-refractivity contribution in [3.05, 3.63) is 59.7 Å². The van der Waals surface area contributed by atoms with Gasteiger partial charge in [0.05, 0.1) is 11.0 Å². The summed E-state index contributed by atoms with van der Waals surface area (Å²) in [6.07, 6.45) is -1.16. The number of aliphatic carboxylic acids is 1. The van der Waals surface area contributed by atoms with Gasteiger partial charge in [-0.3, -0.25) is 10.2 Å². The van der Waals surface area contributed by atoms with Crippen LogP contribution in [-0.4, -0.2) is 60.5 Å². The normalized spacial score (nSPS) is 12.7. The predicted octanol–water partition coefficient (Wildman–Crippen LogP) is 1.64. The summed E-state index contributed by atoms with van der Waals surface area (Å²) in [5.74, 6) is -1.16. The number of anilines is 1. The van der Waals surface area contributed by atoms with Gasteiger partial charge in [-0.25, -0.2) is 8.42 Å². The van der Waals surface area contributed by atoms with Crippen molar-refractivity contribution in [1.82, 2.24) is 4.31 Å². The highest BCUT2D eigenvalue weighted by Gasteiger charge is 2.28. The van der Waals surface area contributed by atoms with Crippen molar-refractivity contribution in [2.75, 3.05) is 25.0 Å². The third-order valence-electron chi connectivity index (χ3n) is 4.65. The van der Waals surface area contributed by atoms with Crippen molar-refractivity contribution in [2.24, 2.45) is 5.73 Å². The molecule has 0 spiro atoms. The van der Waals surface area contributed by atoms with Gasteiger partial charge in [-0.1, -0.05) is 26.0 Å². The van der Waals surface area contributed by atoms with E-state index < -0.39 is 28.6 Å². The first-order valence-corrected chi connectivity index (χ1v) is 11.1. The lowest BCUT2D eigenvalue weighted by Crippen LogP contribution is -2.42. The molecule has 0 amide bonds. The van der Waals surface area contributed by atoms with Crippen LogP contribution in [0.1, 0.15) is 30.9 Å². The SMILES string of the molecule is CC(C)c1ccc(S(=O)(=O)N(CC(=O)O)CC(O)CNc2ccc(C(=N)N)cc2)cc1. The number of hydrogen-bond acceptors (Lipinski definition) is 6. The van der Waals surface area contributed by atoms with Crippen LogP contribution in [0.4, 0.5) is 5.69 Å². The van der Waals surface area contributed by atoms with Gasteiger partial charge in [0.15, 0.2) is 0 Å². The lowest BCUT2D eigenvalue weighted by Gasteiger charge is -2.24. The van der Waals surface area contributed by atoms with Gasteiger partial charge in [-0.2, -0.15) is 4.31 Å². The molecule has 0 saturated heterocycles. The number of carbonyl (C=O) groups is 1. The molecule has 2 aromatic carbocycles. The fraction of sp³-hybridized carbons (Fsp3) is 0.333. The first-order chi connectivity index (χ1) is 14.5. The molecule has 0 heterocycles. The van der Waals surface area contributed by atoms with E-state index in [4.69, 9.17) is 11.1 Å². The zero-order valence-corrected chi connectivity index (χ0v) is 18.3. The van der Waals surface area contributed by atoms with E-state index in [1.807, 2.05) is 13.8 Å². The number of nitrogens with two attached hydrogens (primary N) is 1. The summed E-state index contributed by atoms with van der Waals surface area (Å²) in [4.78, 5) is 11.2. The summed E-state index contributed by atoms with van der Waals surface area (Å²) < 4.78 is 26.7. The monoisotopic (exact) mass is 448 g/mol. The Morgan fingerprint density at radius 1 is 1.13 bits per heavy atom. The second kappa shape index (κ2) is 10.4. The van der Waals surface area contributed by atoms with E-state index in [0.717, 1.165) is 9.87 Å². The van der Waals surface area contributed by atoms with Crippen LogP contribution in [0.5, 0.6) is 0 Å². The van der Waals surface area contributed by atoms with Crippen LogP contribution in [0.15, 0.2) is 53.4 Å². The number of nitrogens with one attached hydrogen (secondary N) is 2. The van der Waals surface area contributed by atoms with Crippen molar-refractivity contribution < 1.29 is 23.4 Å². The smallest absolute Gasteiger partial charge is 0.318 e. The molecule has 0 bridgehead atoms. The van der Waals surface area contributed by atoms with Crippen molar-refractivity contribution >= 4 is 27.5 Å². The van der Waals surface area contributed by atoms with E-state index in [-0.39, 0.29) is 29.7 Å². The van der Waals surface area contributed by atoms with Gasteiger partial charge in [0, 0.05) is 24.3 Å². The number of sulfonamides is 1. The number of rotatable bonds is 11. The molecule has 0 radical (unpaired) electrons. The highest BCUT2D eigenvalue weighted by Crippen LogP contribution is 2.20. The number of carboxylic acid groups (broad SMARTS) is 1. The highest BCUT2D eigenvalue weighted by molar-refractivity contribution is 7.89. The number of aliphatic hydroxyl groups is 1. The Morgan fingerprint density at radius 2 is 1.71 bits per heavy atom. The predicted molar refractivity (Wildman–Crippen MR) is 119 cm³/mol. The van der Waals surface area contributed by atoms with Crippen LogP contribution < -0.4 is 11.1 Å². The van der Waals surface area contributed by atoms with Crippen LogP contribution in [-0.2, 0) is 14.8 Å². The second-order valence-corrected chi connectivity index (χ2v) is 9.38. The van der Waals surface area contributed by atoms with Gasteiger partial charge in [-0.15, -0.1) is 0 Å². The largest absolute Gasteiger partial charge is 0.480 e. The van der Waals surface area contributed by atoms with Gasteiger partial charge in [0.1, 0.15) is 12.4 Å². The molecule has 0 aliphatic rings. The summed E-state index contributed by atoms with van der Waals surface area (Å²) in [7, 11) is -4.10. The number of carboxylic acids is 1. The minimum Gasteiger partial charge on any atom is -0.480 e. The quantitative estimate of drug-likeness (QED) is 0.258. The van der Waals surface area contributed by atoms with Gasteiger partial charge < -0.3 is 21.3 Å². The van der Waals surface area contributed by atoms with E-state index in [1.165, 1.54) is 12.1 Å². The number of nitrogens with zero attached hydrogens (tertiary/aromatic N) is 1. The Hall–Kier alpha value is -2.95. The summed E-state index contributed by atoms with van der Waals surface area (Å²) in [5.41, 5.74) is 7.56. The highest BCUT2D eigenvalue weighted by atomic mass is 32.2. The lowest BCUT2D eigenvalue weighted by atomic mass is 10.0. The molecule has 9 nitrogen and oxygen atoms in total. The van der Waals surface area contributed by atoms with Gasteiger partial charge in [0.25, 0.3) is 0 Å². The van der Waals surface area contributed by atoms with E-state index >= 15 is 0 Å². The van der Waals surface area contributed by atoms with Crippen molar-refractivity contribution in [1.29, 1.82) is 5.41 Å². The number of amidine groups is 1. The Kier molecular flexibility index (Phi) is 8.14. The molecular formula is C21H28N4O5S. The molecule has 0 fully saturated rings. The number of benzene rings is 2. The molecule has 0 aromatic heterocycles. The van der Waals surface area contributed by atoms with Crippen LogP contribution in [0.25, 0.3) is 0 Å². The van der Waals surface area contributed by atoms with E-state index in [0.29, 0.717) is 11.3 Å². The van der Waals surface area contributed by atoms with Crippen LogP contribution >= 0.6 is 0 Å². The molecule has 1 atom stereocenters. The summed E-state index contributed by atoms with van der Waals surface area (Å²) in [6.45, 7) is 2.81. The fourth-order valence-corrected chi connectivity index (χ4v) is 4.30. The van der Waals surface area contributed by atoms with Crippen LogP contribution in [0.3, 0.4) is 0 Å². The average Bonchev–Trinajstić information content (AvgIpc) is 2.71. The zero-order valence-electron chi connectivity index (χ0n) is 17.4.